The van der Waals surface area contributed by atoms with Crippen LogP contribution in [0.15, 0.2) is 199 Å². The third kappa shape index (κ3) is 5.29. The van der Waals surface area contributed by atoms with Gasteiger partial charge in [0, 0.05) is 50.0 Å². The van der Waals surface area contributed by atoms with E-state index in [2.05, 4.69) is 138 Å². The van der Waals surface area contributed by atoms with Crippen LogP contribution in [0.3, 0.4) is 0 Å². The Hall–Kier alpha value is -7.63. The van der Waals surface area contributed by atoms with Gasteiger partial charge in [0.15, 0.2) is 17.5 Å². The van der Waals surface area contributed by atoms with Crippen LogP contribution in [0, 0.1) is 0 Å². The quantitative estimate of drug-likeness (QED) is 0.172. The predicted octanol–water partition coefficient (Wildman–Crippen LogP) is 13.2. The summed E-state index contributed by atoms with van der Waals surface area (Å²) >= 11 is 0. The van der Waals surface area contributed by atoms with Gasteiger partial charge in [-0.1, -0.05) is 158 Å². The lowest BCUT2D eigenvalue weighted by Gasteiger charge is -2.10. The van der Waals surface area contributed by atoms with Gasteiger partial charge in [0.25, 0.3) is 0 Å². The number of fused-ring (bicyclic) bond motifs is 6. The monoisotopic (exact) mass is 716 g/mol. The molecule has 0 aliphatic heterocycles. The number of furan rings is 1. The summed E-state index contributed by atoms with van der Waals surface area (Å²) in [7, 11) is 0. The first-order valence-corrected chi connectivity index (χ1v) is 18.8. The first-order chi connectivity index (χ1) is 27.8. The van der Waals surface area contributed by atoms with Crippen LogP contribution in [0.25, 0.3) is 106 Å². The van der Waals surface area contributed by atoms with Crippen molar-refractivity contribution in [3.63, 3.8) is 0 Å². The minimum absolute atomic E-state index is 0.629. The fraction of sp³-hybridized carbons (Fsp3) is 0. The molecule has 0 unspecified atom stereocenters. The van der Waals surface area contributed by atoms with Crippen LogP contribution in [-0.4, -0.2) is 19.5 Å². The SMILES string of the molecule is c1ccc(-c2nc(-c3ccccc3)nc(-c3ccc(-c4cccc5oc6cc(-n7c8ccccc8c8c(-c9ccccc9)cccc87)ccc6c45)cc3)n2)cc1. The molecular weight excluding hydrogens is 685 g/mol. The van der Waals surface area contributed by atoms with E-state index < -0.39 is 0 Å². The number of rotatable bonds is 6. The van der Waals surface area contributed by atoms with Crippen LogP contribution in [-0.2, 0) is 0 Å². The normalized spacial score (nSPS) is 11.6. The average molecular weight is 717 g/mol. The number of benzene rings is 8. The molecular formula is C51H32N4O. The van der Waals surface area contributed by atoms with Gasteiger partial charge in [0.05, 0.1) is 11.0 Å². The molecule has 0 spiro atoms. The van der Waals surface area contributed by atoms with Crippen molar-refractivity contribution in [3.05, 3.63) is 194 Å². The third-order valence-corrected chi connectivity index (χ3v) is 10.7. The average Bonchev–Trinajstić information content (AvgIpc) is 3.83. The van der Waals surface area contributed by atoms with Gasteiger partial charge in [0.1, 0.15) is 11.2 Å². The first kappa shape index (κ1) is 31.9. The van der Waals surface area contributed by atoms with Crippen molar-refractivity contribution in [3.8, 4) is 62.1 Å². The fourth-order valence-corrected chi connectivity index (χ4v) is 8.09. The van der Waals surface area contributed by atoms with E-state index >= 15 is 0 Å². The number of hydrogen-bond donors (Lipinski definition) is 0. The molecule has 5 nitrogen and oxygen atoms in total. The van der Waals surface area contributed by atoms with Crippen molar-refractivity contribution in [2.75, 3.05) is 0 Å². The highest BCUT2D eigenvalue weighted by atomic mass is 16.3. The summed E-state index contributed by atoms with van der Waals surface area (Å²) in [6.07, 6.45) is 0. The van der Waals surface area contributed by atoms with Gasteiger partial charge < -0.3 is 8.98 Å². The van der Waals surface area contributed by atoms with Crippen molar-refractivity contribution in [2.45, 2.75) is 0 Å². The molecule has 0 fully saturated rings. The van der Waals surface area contributed by atoms with E-state index in [4.69, 9.17) is 19.4 Å². The summed E-state index contributed by atoms with van der Waals surface area (Å²) in [5.41, 5.74) is 12.5. The molecule has 11 rings (SSSR count). The van der Waals surface area contributed by atoms with Gasteiger partial charge in [-0.25, -0.2) is 15.0 Å². The minimum atomic E-state index is 0.629. The first-order valence-electron chi connectivity index (χ1n) is 18.8. The van der Waals surface area contributed by atoms with E-state index in [-0.39, 0.29) is 0 Å². The van der Waals surface area contributed by atoms with E-state index in [1.807, 2.05) is 60.7 Å². The summed E-state index contributed by atoms with van der Waals surface area (Å²) in [5, 5.41) is 4.64. The second-order valence-corrected chi connectivity index (χ2v) is 14.0. The molecule has 0 N–H and O–H groups in total. The van der Waals surface area contributed by atoms with Gasteiger partial charge in [-0.2, -0.15) is 0 Å². The smallest absolute Gasteiger partial charge is 0.164 e. The molecule has 0 atom stereocenters. The molecule has 0 saturated carbocycles. The van der Waals surface area contributed by atoms with E-state index in [9.17, 15) is 0 Å². The Morgan fingerprint density at radius 1 is 0.339 bits per heavy atom. The van der Waals surface area contributed by atoms with Gasteiger partial charge in [-0.05, 0) is 52.6 Å². The molecule has 0 aliphatic carbocycles. The van der Waals surface area contributed by atoms with E-state index in [1.54, 1.807) is 0 Å². The van der Waals surface area contributed by atoms with Crippen molar-refractivity contribution >= 4 is 43.7 Å². The van der Waals surface area contributed by atoms with Gasteiger partial charge in [-0.3, -0.25) is 0 Å². The molecule has 0 amide bonds. The van der Waals surface area contributed by atoms with E-state index in [0.29, 0.717) is 17.5 Å². The maximum Gasteiger partial charge on any atom is 0.164 e. The highest BCUT2D eigenvalue weighted by Crippen LogP contribution is 2.41. The Labute approximate surface area is 322 Å². The van der Waals surface area contributed by atoms with Gasteiger partial charge in [-0.15, -0.1) is 0 Å². The highest BCUT2D eigenvalue weighted by Gasteiger charge is 2.19. The molecule has 0 aliphatic rings. The third-order valence-electron chi connectivity index (χ3n) is 10.7. The number of hydrogen-bond acceptors (Lipinski definition) is 4. The number of aromatic nitrogens is 4. The predicted molar refractivity (Wildman–Crippen MR) is 229 cm³/mol. The highest BCUT2D eigenvalue weighted by molar-refractivity contribution is 6.16. The largest absolute Gasteiger partial charge is 0.456 e. The zero-order valence-electron chi connectivity index (χ0n) is 30.2. The Bertz CT molecular complexity index is 3160. The summed E-state index contributed by atoms with van der Waals surface area (Å²) in [6.45, 7) is 0. The molecule has 56 heavy (non-hydrogen) atoms. The molecule has 0 bridgehead atoms. The van der Waals surface area contributed by atoms with Crippen LogP contribution in [0.1, 0.15) is 0 Å². The lowest BCUT2D eigenvalue weighted by molar-refractivity contribution is 0.668. The zero-order valence-corrected chi connectivity index (χ0v) is 30.2. The molecule has 3 heterocycles. The summed E-state index contributed by atoms with van der Waals surface area (Å²) < 4.78 is 8.99. The van der Waals surface area contributed by atoms with E-state index in [0.717, 1.165) is 66.5 Å². The summed E-state index contributed by atoms with van der Waals surface area (Å²) in [5.74, 6) is 1.92. The van der Waals surface area contributed by atoms with E-state index in [1.165, 1.54) is 21.9 Å². The molecule has 0 radical (unpaired) electrons. The topological polar surface area (TPSA) is 56.7 Å². The Morgan fingerprint density at radius 2 is 0.839 bits per heavy atom. The van der Waals surface area contributed by atoms with Crippen LogP contribution >= 0.6 is 0 Å². The fourth-order valence-electron chi connectivity index (χ4n) is 8.09. The van der Waals surface area contributed by atoms with Crippen molar-refractivity contribution in [2.24, 2.45) is 0 Å². The standard InChI is InChI=1S/C51H32N4O/c1-4-14-33(15-5-1)39-21-12-24-44-47(39)41-20-10-11-23-43(41)55(44)38-30-31-42-46(32-38)56-45-25-13-22-40(48(42)45)34-26-28-37(29-27-34)51-53-49(35-16-6-2-7-17-35)52-50(54-51)36-18-8-3-9-19-36/h1-32H. The zero-order chi connectivity index (χ0) is 37.0. The van der Waals surface area contributed by atoms with Crippen LogP contribution in [0.5, 0.6) is 0 Å². The number of para-hydroxylation sites is 1. The Balaban J connectivity index is 1.01. The number of nitrogens with zero attached hydrogens (tertiary/aromatic N) is 4. The maximum atomic E-state index is 6.63. The van der Waals surface area contributed by atoms with Crippen molar-refractivity contribution in [1.29, 1.82) is 0 Å². The molecule has 3 aromatic heterocycles. The molecule has 0 saturated heterocycles. The maximum absolute atomic E-state index is 6.63. The van der Waals surface area contributed by atoms with Gasteiger partial charge in [0.2, 0.25) is 0 Å². The van der Waals surface area contributed by atoms with Crippen molar-refractivity contribution < 1.29 is 4.42 Å². The minimum Gasteiger partial charge on any atom is -0.456 e. The van der Waals surface area contributed by atoms with Crippen LogP contribution < -0.4 is 0 Å². The van der Waals surface area contributed by atoms with Gasteiger partial charge >= 0.3 is 0 Å². The molecule has 262 valence electrons. The molecule has 5 heteroatoms. The lowest BCUT2D eigenvalue weighted by atomic mass is 9.98. The lowest BCUT2D eigenvalue weighted by Crippen LogP contribution is -2.00. The summed E-state index contributed by atoms with van der Waals surface area (Å²) in [4.78, 5) is 14.7. The molecule has 11 aromatic rings. The van der Waals surface area contributed by atoms with Crippen molar-refractivity contribution in [1.82, 2.24) is 19.5 Å². The summed E-state index contributed by atoms with van der Waals surface area (Å²) in [6, 6.07) is 67.4. The second kappa shape index (κ2) is 13.0. The Kier molecular flexibility index (Phi) is 7.42. The van der Waals surface area contributed by atoms with Crippen LogP contribution in [0.4, 0.5) is 0 Å². The Morgan fingerprint density at radius 3 is 1.50 bits per heavy atom. The molecule has 8 aromatic carbocycles. The second-order valence-electron chi connectivity index (χ2n) is 14.0. The van der Waals surface area contributed by atoms with Crippen LogP contribution in [0.2, 0.25) is 0 Å².